The largest absolute Gasteiger partial charge is 0.508 e. The van der Waals surface area contributed by atoms with Crippen LogP contribution in [0.4, 0.5) is 5.69 Å². The first-order valence-electron chi connectivity index (χ1n) is 4.87. The summed E-state index contributed by atoms with van der Waals surface area (Å²) in [6.45, 7) is 0.579. The molecule has 1 aromatic heterocycles. The van der Waals surface area contributed by atoms with Gasteiger partial charge in [-0.1, -0.05) is 18.2 Å². The van der Waals surface area contributed by atoms with Crippen molar-refractivity contribution in [2.45, 2.75) is 6.54 Å². The molecule has 0 unspecified atom stereocenters. The van der Waals surface area contributed by atoms with Crippen molar-refractivity contribution < 1.29 is 5.11 Å². The lowest BCUT2D eigenvalue weighted by Crippen LogP contribution is -2.00. The topological polar surface area (TPSA) is 45.1 Å². The van der Waals surface area contributed by atoms with E-state index >= 15 is 0 Å². The van der Waals surface area contributed by atoms with Crippen LogP contribution in [0.1, 0.15) is 5.56 Å². The average molecular weight is 279 g/mol. The standard InChI is InChI=1S/C12H11BrN2O/c13-10-8-14-6-5-11(10)15-7-9-3-1-2-4-12(9)16/h1-6,8,16H,7H2,(H,14,15). The SMILES string of the molecule is Oc1ccccc1CNc1ccncc1Br. The van der Waals surface area contributed by atoms with Crippen LogP contribution >= 0.6 is 15.9 Å². The molecule has 0 atom stereocenters. The lowest BCUT2D eigenvalue weighted by Gasteiger charge is -2.09. The van der Waals surface area contributed by atoms with E-state index in [0.717, 1.165) is 15.7 Å². The Morgan fingerprint density at radius 2 is 2.06 bits per heavy atom. The van der Waals surface area contributed by atoms with Crippen LogP contribution in [-0.2, 0) is 6.54 Å². The fourth-order valence-electron chi connectivity index (χ4n) is 1.37. The third-order valence-corrected chi connectivity index (χ3v) is 2.87. The van der Waals surface area contributed by atoms with Crippen LogP contribution in [0.25, 0.3) is 0 Å². The Bertz CT molecular complexity index is 442. The van der Waals surface area contributed by atoms with Gasteiger partial charge in [0.15, 0.2) is 0 Å². The first-order valence-corrected chi connectivity index (χ1v) is 5.67. The number of rotatable bonds is 3. The molecule has 0 spiro atoms. The van der Waals surface area contributed by atoms with Crippen molar-refractivity contribution in [1.29, 1.82) is 0 Å². The summed E-state index contributed by atoms with van der Waals surface area (Å²) in [4.78, 5) is 3.98. The summed E-state index contributed by atoms with van der Waals surface area (Å²) in [6, 6.07) is 9.15. The van der Waals surface area contributed by atoms with Crippen molar-refractivity contribution in [2.75, 3.05) is 5.32 Å². The number of pyridine rings is 1. The molecule has 0 aliphatic rings. The number of aromatic nitrogens is 1. The van der Waals surface area contributed by atoms with Crippen molar-refractivity contribution in [3.05, 3.63) is 52.8 Å². The molecule has 0 saturated heterocycles. The molecule has 2 rings (SSSR count). The average Bonchev–Trinajstić information content (AvgIpc) is 2.30. The molecule has 0 fully saturated rings. The number of halogens is 1. The molecule has 0 aliphatic carbocycles. The van der Waals surface area contributed by atoms with Gasteiger partial charge in [0, 0.05) is 24.5 Å². The smallest absolute Gasteiger partial charge is 0.120 e. The zero-order valence-corrected chi connectivity index (χ0v) is 10.1. The Hall–Kier alpha value is -1.55. The summed E-state index contributed by atoms with van der Waals surface area (Å²) in [5, 5.41) is 12.8. The van der Waals surface area contributed by atoms with Gasteiger partial charge in [0.1, 0.15) is 5.75 Å². The van der Waals surface area contributed by atoms with Crippen LogP contribution in [0.3, 0.4) is 0 Å². The molecule has 0 aliphatic heterocycles. The summed E-state index contributed by atoms with van der Waals surface area (Å²) in [5.41, 5.74) is 1.82. The van der Waals surface area contributed by atoms with Crippen molar-refractivity contribution >= 4 is 21.6 Å². The highest BCUT2D eigenvalue weighted by molar-refractivity contribution is 9.10. The Morgan fingerprint density at radius 1 is 1.25 bits per heavy atom. The highest BCUT2D eigenvalue weighted by Gasteiger charge is 2.01. The monoisotopic (exact) mass is 278 g/mol. The Morgan fingerprint density at radius 3 is 2.81 bits per heavy atom. The van der Waals surface area contributed by atoms with Crippen molar-refractivity contribution in [3.63, 3.8) is 0 Å². The third kappa shape index (κ3) is 2.52. The second kappa shape index (κ2) is 4.99. The van der Waals surface area contributed by atoms with Crippen molar-refractivity contribution in [3.8, 4) is 5.75 Å². The number of benzene rings is 1. The summed E-state index contributed by atoms with van der Waals surface area (Å²) in [5.74, 6) is 0.306. The van der Waals surface area contributed by atoms with Crippen LogP contribution in [0.5, 0.6) is 5.75 Å². The van der Waals surface area contributed by atoms with E-state index < -0.39 is 0 Å². The third-order valence-electron chi connectivity index (χ3n) is 2.23. The minimum atomic E-state index is 0.306. The molecule has 82 valence electrons. The van der Waals surface area contributed by atoms with Gasteiger partial charge in [0.25, 0.3) is 0 Å². The summed E-state index contributed by atoms with van der Waals surface area (Å²) in [6.07, 6.45) is 3.45. The molecular formula is C12H11BrN2O. The molecule has 0 saturated carbocycles. The van der Waals surface area contributed by atoms with Gasteiger partial charge in [-0.2, -0.15) is 0 Å². The first-order chi connectivity index (χ1) is 7.77. The van der Waals surface area contributed by atoms with Crippen molar-refractivity contribution in [2.24, 2.45) is 0 Å². The van der Waals surface area contributed by atoms with E-state index in [4.69, 9.17) is 0 Å². The van der Waals surface area contributed by atoms with Gasteiger partial charge >= 0.3 is 0 Å². The van der Waals surface area contributed by atoms with E-state index in [1.54, 1.807) is 24.5 Å². The number of nitrogens with one attached hydrogen (secondary N) is 1. The fourth-order valence-corrected chi connectivity index (χ4v) is 1.76. The zero-order chi connectivity index (χ0) is 11.4. The molecule has 0 bridgehead atoms. The lowest BCUT2D eigenvalue weighted by atomic mass is 10.2. The summed E-state index contributed by atoms with van der Waals surface area (Å²) in [7, 11) is 0. The van der Waals surface area contributed by atoms with Gasteiger partial charge in [-0.25, -0.2) is 0 Å². The molecule has 0 amide bonds. The maximum absolute atomic E-state index is 9.59. The minimum Gasteiger partial charge on any atom is -0.508 e. The number of phenols is 1. The second-order valence-electron chi connectivity index (χ2n) is 3.34. The number of anilines is 1. The van der Waals surface area contributed by atoms with E-state index in [2.05, 4.69) is 26.2 Å². The Kier molecular flexibility index (Phi) is 3.41. The van der Waals surface area contributed by atoms with Gasteiger partial charge < -0.3 is 10.4 Å². The molecule has 16 heavy (non-hydrogen) atoms. The molecule has 2 N–H and O–H groups in total. The minimum absolute atomic E-state index is 0.306. The van der Waals surface area contributed by atoms with Crippen LogP contribution in [0.2, 0.25) is 0 Å². The predicted molar refractivity (Wildman–Crippen MR) is 67.4 cm³/mol. The van der Waals surface area contributed by atoms with E-state index in [1.807, 2.05) is 18.2 Å². The highest BCUT2D eigenvalue weighted by atomic mass is 79.9. The summed E-state index contributed by atoms with van der Waals surface area (Å²) >= 11 is 3.40. The van der Waals surface area contributed by atoms with E-state index in [1.165, 1.54) is 0 Å². The van der Waals surface area contributed by atoms with Gasteiger partial charge in [0.2, 0.25) is 0 Å². The Labute approximate surface area is 102 Å². The summed E-state index contributed by atoms with van der Waals surface area (Å²) < 4.78 is 0.908. The van der Waals surface area contributed by atoms with Crippen LogP contribution in [-0.4, -0.2) is 10.1 Å². The molecule has 3 nitrogen and oxygen atoms in total. The zero-order valence-electron chi connectivity index (χ0n) is 8.52. The van der Waals surface area contributed by atoms with E-state index in [-0.39, 0.29) is 0 Å². The van der Waals surface area contributed by atoms with Crippen molar-refractivity contribution in [1.82, 2.24) is 4.98 Å². The van der Waals surface area contributed by atoms with Gasteiger partial charge in [0.05, 0.1) is 10.2 Å². The number of para-hydroxylation sites is 1. The predicted octanol–water partition coefficient (Wildman–Crippen LogP) is 3.16. The van der Waals surface area contributed by atoms with Gasteiger partial charge in [-0.15, -0.1) is 0 Å². The normalized spacial score (nSPS) is 10.1. The van der Waals surface area contributed by atoms with Crippen LogP contribution < -0.4 is 5.32 Å². The second-order valence-corrected chi connectivity index (χ2v) is 4.19. The molecular weight excluding hydrogens is 268 g/mol. The molecule has 1 heterocycles. The highest BCUT2D eigenvalue weighted by Crippen LogP contribution is 2.22. The van der Waals surface area contributed by atoms with E-state index in [9.17, 15) is 5.11 Å². The Balaban J connectivity index is 2.09. The quantitative estimate of drug-likeness (QED) is 0.907. The maximum Gasteiger partial charge on any atom is 0.120 e. The van der Waals surface area contributed by atoms with E-state index in [0.29, 0.717) is 12.3 Å². The molecule has 4 heteroatoms. The maximum atomic E-state index is 9.59. The number of hydrogen-bond donors (Lipinski definition) is 2. The molecule has 2 aromatic rings. The number of phenolic OH excluding ortho intramolecular Hbond substituents is 1. The lowest BCUT2D eigenvalue weighted by molar-refractivity contribution is 0.469. The molecule has 0 radical (unpaired) electrons. The fraction of sp³-hybridized carbons (Fsp3) is 0.0833. The first kappa shape index (κ1) is 11.0. The number of hydrogen-bond acceptors (Lipinski definition) is 3. The van der Waals surface area contributed by atoms with Crippen LogP contribution in [0.15, 0.2) is 47.2 Å². The molecule has 1 aromatic carbocycles. The number of nitrogens with zero attached hydrogens (tertiary/aromatic N) is 1. The van der Waals surface area contributed by atoms with Gasteiger partial charge in [-0.05, 0) is 28.1 Å². The number of aromatic hydroxyl groups is 1. The van der Waals surface area contributed by atoms with Gasteiger partial charge in [-0.3, -0.25) is 4.98 Å². The van der Waals surface area contributed by atoms with Crippen LogP contribution in [0, 0.1) is 0 Å².